The summed E-state index contributed by atoms with van der Waals surface area (Å²) in [7, 11) is 0. The van der Waals surface area contributed by atoms with E-state index in [9.17, 15) is 4.79 Å². The molecule has 1 aliphatic heterocycles. The number of anilines is 2. The summed E-state index contributed by atoms with van der Waals surface area (Å²) in [6.45, 7) is 3.50. The summed E-state index contributed by atoms with van der Waals surface area (Å²) >= 11 is 0. The molecule has 92 valence electrons. The Bertz CT molecular complexity index is 385. The fourth-order valence-electron chi connectivity index (χ4n) is 1.78. The van der Waals surface area contributed by atoms with Gasteiger partial charge in [0.05, 0.1) is 0 Å². The van der Waals surface area contributed by atoms with Crippen molar-refractivity contribution >= 4 is 17.5 Å². The van der Waals surface area contributed by atoms with Gasteiger partial charge in [-0.05, 0) is 13.3 Å². The molecule has 1 amide bonds. The Hall–Kier alpha value is -1.85. The van der Waals surface area contributed by atoms with Gasteiger partial charge in [-0.3, -0.25) is 4.79 Å². The molecule has 6 heteroatoms. The summed E-state index contributed by atoms with van der Waals surface area (Å²) in [6, 6.07) is 2.12. The number of piperidine rings is 1. The zero-order chi connectivity index (χ0) is 12.1. The predicted molar refractivity (Wildman–Crippen MR) is 65.9 cm³/mol. The van der Waals surface area contributed by atoms with E-state index in [4.69, 9.17) is 0 Å². The molecule has 0 spiro atoms. The molecular weight excluding hydrogens is 218 g/mol. The first-order valence-electron chi connectivity index (χ1n) is 5.87. The normalized spacial score (nSPS) is 19.6. The van der Waals surface area contributed by atoms with E-state index in [2.05, 4.69) is 25.9 Å². The molecule has 1 aliphatic rings. The SMILES string of the molecule is CCNc1cc(NC2CCC(=O)NC2)ncn1. The topological polar surface area (TPSA) is 78.9 Å². The first-order chi connectivity index (χ1) is 8.28. The highest BCUT2D eigenvalue weighted by Crippen LogP contribution is 2.12. The van der Waals surface area contributed by atoms with Crippen LogP contribution in [-0.2, 0) is 4.79 Å². The highest BCUT2D eigenvalue weighted by atomic mass is 16.1. The van der Waals surface area contributed by atoms with Crippen molar-refractivity contribution in [2.75, 3.05) is 23.7 Å². The van der Waals surface area contributed by atoms with Crippen LogP contribution in [0.4, 0.5) is 11.6 Å². The molecule has 6 nitrogen and oxygen atoms in total. The van der Waals surface area contributed by atoms with E-state index in [0.717, 1.165) is 24.6 Å². The molecular formula is C11H17N5O. The summed E-state index contributed by atoms with van der Waals surface area (Å²) in [5.41, 5.74) is 0. The molecule has 2 heterocycles. The number of carbonyl (C=O) groups is 1. The van der Waals surface area contributed by atoms with E-state index in [1.807, 2.05) is 13.0 Å². The number of amides is 1. The minimum absolute atomic E-state index is 0.124. The molecule has 1 aromatic heterocycles. The second kappa shape index (κ2) is 5.47. The Labute approximate surface area is 100 Å². The molecule has 2 rings (SSSR count). The fraction of sp³-hybridized carbons (Fsp3) is 0.545. The number of aromatic nitrogens is 2. The molecule has 17 heavy (non-hydrogen) atoms. The molecule has 1 saturated heterocycles. The van der Waals surface area contributed by atoms with Gasteiger partial charge < -0.3 is 16.0 Å². The van der Waals surface area contributed by atoms with Crippen LogP contribution in [0.2, 0.25) is 0 Å². The maximum Gasteiger partial charge on any atom is 0.220 e. The minimum atomic E-state index is 0.124. The van der Waals surface area contributed by atoms with Crippen LogP contribution in [0.3, 0.4) is 0 Å². The molecule has 0 aromatic carbocycles. The van der Waals surface area contributed by atoms with Gasteiger partial charge in [-0.2, -0.15) is 0 Å². The first kappa shape index (κ1) is 11.6. The average Bonchev–Trinajstić information content (AvgIpc) is 2.33. The number of hydrogen-bond acceptors (Lipinski definition) is 5. The predicted octanol–water partition coefficient (Wildman–Crippen LogP) is 0.599. The van der Waals surface area contributed by atoms with Crippen LogP contribution in [0.25, 0.3) is 0 Å². The van der Waals surface area contributed by atoms with Crippen molar-refractivity contribution in [1.29, 1.82) is 0 Å². The van der Waals surface area contributed by atoms with E-state index in [-0.39, 0.29) is 11.9 Å². The van der Waals surface area contributed by atoms with Crippen LogP contribution < -0.4 is 16.0 Å². The second-order valence-electron chi connectivity index (χ2n) is 4.00. The summed E-state index contributed by atoms with van der Waals surface area (Å²) in [5.74, 6) is 1.72. The standard InChI is InChI=1S/C11H17N5O/c1-2-12-9-5-10(15-7-14-9)16-8-3-4-11(17)13-6-8/h5,7-8H,2-4,6H2,1H3,(H,13,17)(H2,12,14,15,16). The van der Waals surface area contributed by atoms with Crippen molar-refractivity contribution in [3.8, 4) is 0 Å². The maximum atomic E-state index is 11.0. The Kier molecular flexibility index (Phi) is 3.74. The van der Waals surface area contributed by atoms with Gasteiger partial charge in [-0.15, -0.1) is 0 Å². The van der Waals surface area contributed by atoms with Crippen LogP contribution in [0.5, 0.6) is 0 Å². The summed E-state index contributed by atoms with van der Waals surface area (Å²) in [4.78, 5) is 19.3. The largest absolute Gasteiger partial charge is 0.370 e. The fourth-order valence-corrected chi connectivity index (χ4v) is 1.78. The van der Waals surface area contributed by atoms with Crippen molar-refractivity contribution in [3.05, 3.63) is 12.4 Å². The minimum Gasteiger partial charge on any atom is -0.370 e. The molecule has 0 radical (unpaired) electrons. The van der Waals surface area contributed by atoms with Crippen LogP contribution in [0.1, 0.15) is 19.8 Å². The number of nitrogens with zero attached hydrogens (tertiary/aromatic N) is 2. The number of hydrogen-bond donors (Lipinski definition) is 3. The zero-order valence-electron chi connectivity index (χ0n) is 9.86. The molecule has 1 fully saturated rings. The summed E-state index contributed by atoms with van der Waals surface area (Å²) in [6.07, 6.45) is 2.94. The summed E-state index contributed by atoms with van der Waals surface area (Å²) in [5, 5.41) is 9.26. The third-order valence-electron chi connectivity index (χ3n) is 2.64. The van der Waals surface area contributed by atoms with Crippen molar-refractivity contribution in [3.63, 3.8) is 0 Å². The van der Waals surface area contributed by atoms with E-state index >= 15 is 0 Å². The van der Waals surface area contributed by atoms with Crippen molar-refractivity contribution < 1.29 is 4.79 Å². The van der Waals surface area contributed by atoms with Gasteiger partial charge in [0.1, 0.15) is 18.0 Å². The molecule has 1 aromatic rings. The Morgan fingerprint density at radius 1 is 1.47 bits per heavy atom. The van der Waals surface area contributed by atoms with E-state index in [0.29, 0.717) is 13.0 Å². The van der Waals surface area contributed by atoms with E-state index < -0.39 is 0 Å². The number of nitrogens with one attached hydrogen (secondary N) is 3. The van der Waals surface area contributed by atoms with E-state index in [1.165, 1.54) is 6.33 Å². The number of carbonyl (C=O) groups excluding carboxylic acids is 1. The van der Waals surface area contributed by atoms with Crippen LogP contribution in [-0.4, -0.2) is 35.0 Å². The summed E-state index contributed by atoms with van der Waals surface area (Å²) < 4.78 is 0. The Morgan fingerprint density at radius 3 is 3.00 bits per heavy atom. The van der Waals surface area contributed by atoms with Gasteiger partial charge in [0.15, 0.2) is 0 Å². The van der Waals surface area contributed by atoms with Crippen LogP contribution in [0.15, 0.2) is 12.4 Å². The molecule has 1 atom stereocenters. The highest BCUT2D eigenvalue weighted by molar-refractivity contribution is 5.77. The molecule has 0 aliphatic carbocycles. The lowest BCUT2D eigenvalue weighted by molar-refractivity contribution is -0.122. The lowest BCUT2D eigenvalue weighted by Crippen LogP contribution is -2.42. The monoisotopic (exact) mass is 235 g/mol. The number of rotatable bonds is 4. The van der Waals surface area contributed by atoms with Crippen molar-refractivity contribution in [2.45, 2.75) is 25.8 Å². The third-order valence-corrected chi connectivity index (χ3v) is 2.64. The molecule has 3 N–H and O–H groups in total. The Morgan fingerprint density at radius 2 is 2.29 bits per heavy atom. The smallest absolute Gasteiger partial charge is 0.220 e. The van der Waals surface area contributed by atoms with Crippen molar-refractivity contribution in [1.82, 2.24) is 15.3 Å². The van der Waals surface area contributed by atoms with Gasteiger partial charge in [-0.1, -0.05) is 0 Å². The zero-order valence-corrected chi connectivity index (χ0v) is 9.86. The maximum absolute atomic E-state index is 11.0. The van der Waals surface area contributed by atoms with Gasteiger partial charge in [0.25, 0.3) is 0 Å². The van der Waals surface area contributed by atoms with Crippen LogP contribution in [0, 0.1) is 0 Å². The van der Waals surface area contributed by atoms with E-state index in [1.54, 1.807) is 0 Å². The highest BCUT2D eigenvalue weighted by Gasteiger charge is 2.17. The third kappa shape index (κ3) is 3.30. The first-order valence-corrected chi connectivity index (χ1v) is 5.87. The van der Waals surface area contributed by atoms with Gasteiger partial charge in [0.2, 0.25) is 5.91 Å². The molecule has 0 saturated carbocycles. The van der Waals surface area contributed by atoms with Gasteiger partial charge in [-0.25, -0.2) is 9.97 Å². The quantitative estimate of drug-likeness (QED) is 0.712. The Balaban J connectivity index is 1.93. The van der Waals surface area contributed by atoms with Crippen LogP contribution >= 0.6 is 0 Å². The molecule has 0 bridgehead atoms. The second-order valence-corrected chi connectivity index (χ2v) is 4.00. The lowest BCUT2D eigenvalue weighted by Gasteiger charge is -2.23. The van der Waals surface area contributed by atoms with Gasteiger partial charge in [0, 0.05) is 31.6 Å². The average molecular weight is 235 g/mol. The van der Waals surface area contributed by atoms with Crippen molar-refractivity contribution in [2.24, 2.45) is 0 Å². The molecule has 1 unspecified atom stereocenters. The van der Waals surface area contributed by atoms with Gasteiger partial charge >= 0.3 is 0 Å². The lowest BCUT2D eigenvalue weighted by atomic mass is 10.1.